The van der Waals surface area contributed by atoms with E-state index in [9.17, 15) is 14.0 Å². The van der Waals surface area contributed by atoms with Gasteiger partial charge in [0.15, 0.2) is 0 Å². The molecule has 0 spiro atoms. The molecule has 3 N–H and O–H groups in total. The second kappa shape index (κ2) is 4.41. The van der Waals surface area contributed by atoms with Crippen LogP contribution in [0.3, 0.4) is 0 Å². The van der Waals surface area contributed by atoms with Crippen molar-refractivity contribution in [3.8, 4) is 0 Å². The summed E-state index contributed by atoms with van der Waals surface area (Å²) in [6.07, 6.45) is 0. The highest BCUT2D eigenvalue weighted by Gasteiger charge is 2.25. The molecule has 0 radical (unpaired) electrons. The Hall–Kier alpha value is -2.11. The largest absolute Gasteiger partial charge is 0.479 e. The zero-order valence-electron chi connectivity index (χ0n) is 7.48. The molecular formula is C9H8FNO4. The summed E-state index contributed by atoms with van der Waals surface area (Å²) in [5.41, 5.74) is 0.228. The van der Waals surface area contributed by atoms with Gasteiger partial charge in [-0.25, -0.2) is 14.0 Å². The summed E-state index contributed by atoms with van der Waals surface area (Å²) >= 11 is 0. The van der Waals surface area contributed by atoms with E-state index < -0.39 is 23.8 Å². The van der Waals surface area contributed by atoms with Crippen LogP contribution in [-0.2, 0) is 9.59 Å². The molecule has 15 heavy (non-hydrogen) atoms. The standard InChI is InChI=1S/C9H8FNO4/c10-5-1-3-6(4-2-5)11-7(8(12)13)9(14)15/h1-4,7,11H,(H,12,13)(H,14,15). The van der Waals surface area contributed by atoms with E-state index in [4.69, 9.17) is 10.2 Å². The highest BCUT2D eigenvalue weighted by atomic mass is 19.1. The summed E-state index contributed by atoms with van der Waals surface area (Å²) in [6, 6.07) is 2.98. The van der Waals surface area contributed by atoms with Crippen LogP contribution in [0.4, 0.5) is 10.1 Å². The molecule has 1 rings (SSSR count). The fourth-order valence-electron chi connectivity index (χ4n) is 0.942. The summed E-state index contributed by atoms with van der Waals surface area (Å²) in [4.78, 5) is 21.0. The molecule has 1 aromatic rings. The van der Waals surface area contributed by atoms with E-state index in [1.807, 2.05) is 0 Å². The molecule has 5 nitrogen and oxygen atoms in total. The predicted octanol–water partition coefficient (Wildman–Crippen LogP) is 0.775. The van der Waals surface area contributed by atoms with Crippen molar-refractivity contribution in [2.24, 2.45) is 0 Å². The molecule has 0 saturated heterocycles. The van der Waals surface area contributed by atoms with Gasteiger partial charge in [-0.1, -0.05) is 0 Å². The summed E-state index contributed by atoms with van der Waals surface area (Å²) < 4.78 is 12.5. The Kier molecular flexibility index (Phi) is 3.22. The van der Waals surface area contributed by atoms with Gasteiger partial charge in [0, 0.05) is 5.69 Å². The quantitative estimate of drug-likeness (QED) is 0.643. The van der Waals surface area contributed by atoms with Gasteiger partial charge in [0.05, 0.1) is 0 Å². The average molecular weight is 213 g/mol. The van der Waals surface area contributed by atoms with Crippen molar-refractivity contribution in [1.82, 2.24) is 0 Å². The predicted molar refractivity (Wildman–Crippen MR) is 49.1 cm³/mol. The number of anilines is 1. The first-order valence-corrected chi connectivity index (χ1v) is 3.98. The van der Waals surface area contributed by atoms with Crippen molar-refractivity contribution in [2.75, 3.05) is 5.32 Å². The SMILES string of the molecule is O=C(O)C(Nc1ccc(F)cc1)C(=O)O. The Balaban J connectivity index is 2.79. The van der Waals surface area contributed by atoms with Crippen molar-refractivity contribution < 1.29 is 24.2 Å². The van der Waals surface area contributed by atoms with Crippen LogP contribution in [0.25, 0.3) is 0 Å². The van der Waals surface area contributed by atoms with Gasteiger partial charge >= 0.3 is 11.9 Å². The maximum Gasteiger partial charge on any atom is 0.337 e. The van der Waals surface area contributed by atoms with Gasteiger partial charge in [0.2, 0.25) is 6.04 Å². The number of rotatable bonds is 4. The third-order valence-corrected chi connectivity index (χ3v) is 1.65. The number of carbonyl (C=O) groups is 2. The Labute approximate surface area is 84.2 Å². The van der Waals surface area contributed by atoms with Gasteiger partial charge in [0.25, 0.3) is 0 Å². The number of aliphatic carboxylic acids is 2. The first kappa shape index (κ1) is 11.0. The van der Waals surface area contributed by atoms with E-state index in [0.717, 1.165) is 12.1 Å². The van der Waals surface area contributed by atoms with Gasteiger partial charge in [-0.3, -0.25) is 0 Å². The minimum atomic E-state index is -1.74. The second-order valence-electron chi connectivity index (χ2n) is 2.76. The lowest BCUT2D eigenvalue weighted by Gasteiger charge is -2.10. The van der Waals surface area contributed by atoms with Crippen LogP contribution in [0.15, 0.2) is 24.3 Å². The first-order chi connectivity index (χ1) is 7.00. The lowest BCUT2D eigenvalue weighted by molar-refractivity contribution is -0.148. The fourth-order valence-corrected chi connectivity index (χ4v) is 0.942. The highest BCUT2D eigenvalue weighted by molar-refractivity contribution is 6.00. The maximum atomic E-state index is 12.5. The maximum absolute atomic E-state index is 12.5. The van der Waals surface area contributed by atoms with Crippen molar-refractivity contribution in [3.05, 3.63) is 30.1 Å². The normalized spacial score (nSPS) is 10.0. The van der Waals surface area contributed by atoms with Crippen molar-refractivity contribution in [2.45, 2.75) is 6.04 Å². The molecule has 0 aliphatic carbocycles. The minimum Gasteiger partial charge on any atom is -0.479 e. The highest BCUT2D eigenvalue weighted by Crippen LogP contribution is 2.09. The summed E-state index contributed by atoms with van der Waals surface area (Å²) in [7, 11) is 0. The zero-order chi connectivity index (χ0) is 11.4. The van der Waals surface area contributed by atoms with Crippen LogP contribution in [-0.4, -0.2) is 28.2 Å². The lowest BCUT2D eigenvalue weighted by atomic mass is 10.2. The second-order valence-corrected chi connectivity index (χ2v) is 2.76. The van der Waals surface area contributed by atoms with E-state index in [0.29, 0.717) is 0 Å². The first-order valence-electron chi connectivity index (χ1n) is 3.98. The Morgan fingerprint density at radius 2 is 1.60 bits per heavy atom. The molecule has 6 heteroatoms. The van der Waals surface area contributed by atoms with Crippen molar-refractivity contribution in [1.29, 1.82) is 0 Å². The van der Waals surface area contributed by atoms with Gasteiger partial charge < -0.3 is 15.5 Å². The van der Waals surface area contributed by atoms with Crippen LogP contribution in [0.5, 0.6) is 0 Å². The van der Waals surface area contributed by atoms with Crippen LogP contribution >= 0.6 is 0 Å². The summed E-state index contributed by atoms with van der Waals surface area (Å²) in [5, 5.41) is 19.3. The smallest absolute Gasteiger partial charge is 0.337 e. The van der Waals surface area contributed by atoms with Crippen molar-refractivity contribution in [3.63, 3.8) is 0 Å². The lowest BCUT2D eigenvalue weighted by Crippen LogP contribution is -2.37. The number of hydrogen-bond acceptors (Lipinski definition) is 3. The van der Waals surface area contributed by atoms with E-state index >= 15 is 0 Å². The van der Waals surface area contributed by atoms with Crippen LogP contribution in [0.1, 0.15) is 0 Å². The Morgan fingerprint density at radius 1 is 1.13 bits per heavy atom. The molecule has 0 fully saturated rings. The monoisotopic (exact) mass is 213 g/mol. The summed E-state index contributed by atoms with van der Waals surface area (Å²) in [5.74, 6) is -3.50. The topological polar surface area (TPSA) is 86.6 Å². The number of hydrogen-bond donors (Lipinski definition) is 3. The number of carboxylic acids is 2. The van der Waals surface area contributed by atoms with Gasteiger partial charge in [-0.05, 0) is 24.3 Å². The molecule has 0 heterocycles. The zero-order valence-corrected chi connectivity index (χ0v) is 7.48. The molecule has 0 amide bonds. The molecule has 0 aliphatic heterocycles. The molecule has 0 atom stereocenters. The van der Waals surface area contributed by atoms with E-state index in [1.54, 1.807) is 0 Å². The molecule has 0 saturated carbocycles. The molecule has 0 aliphatic rings. The number of nitrogens with one attached hydrogen (secondary N) is 1. The third-order valence-electron chi connectivity index (χ3n) is 1.65. The van der Waals surface area contributed by atoms with Crippen LogP contribution in [0, 0.1) is 5.82 Å². The van der Waals surface area contributed by atoms with Crippen LogP contribution < -0.4 is 5.32 Å². The summed E-state index contributed by atoms with van der Waals surface area (Å²) in [6.45, 7) is 0. The average Bonchev–Trinajstić information content (AvgIpc) is 2.15. The van der Waals surface area contributed by atoms with E-state index in [-0.39, 0.29) is 5.69 Å². The number of benzene rings is 1. The van der Waals surface area contributed by atoms with E-state index in [2.05, 4.69) is 5.32 Å². The minimum absolute atomic E-state index is 0.228. The van der Waals surface area contributed by atoms with Gasteiger partial charge in [0.1, 0.15) is 5.82 Å². The van der Waals surface area contributed by atoms with Crippen LogP contribution in [0.2, 0.25) is 0 Å². The molecule has 80 valence electrons. The van der Waals surface area contributed by atoms with Gasteiger partial charge in [-0.15, -0.1) is 0 Å². The fraction of sp³-hybridized carbons (Fsp3) is 0.111. The van der Waals surface area contributed by atoms with Gasteiger partial charge in [-0.2, -0.15) is 0 Å². The molecule has 0 bridgehead atoms. The third kappa shape index (κ3) is 2.94. The number of halogens is 1. The molecule has 0 aromatic heterocycles. The Bertz CT molecular complexity index is 362. The number of carboxylic acid groups (broad SMARTS) is 2. The molecule has 0 unspecified atom stereocenters. The van der Waals surface area contributed by atoms with E-state index in [1.165, 1.54) is 12.1 Å². The molecular weight excluding hydrogens is 205 g/mol. The molecule has 1 aromatic carbocycles. The van der Waals surface area contributed by atoms with Crippen molar-refractivity contribution >= 4 is 17.6 Å². The Morgan fingerprint density at radius 3 is 2.00 bits per heavy atom.